The topological polar surface area (TPSA) is 13.1 Å². The fraction of sp³-hybridized carbons (Fsp3) is 0.125. The van der Waals surface area contributed by atoms with Crippen LogP contribution in [0.1, 0.15) is 36.3 Å². The predicted molar refractivity (Wildman–Crippen MR) is 149 cm³/mol. The average Bonchev–Trinajstić information content (AvgIpc) is 3.30. The highest BCUT2D eigenvalue weighted by molar-refractivity contribution is 8.05. The van der Waals surface area contributed by atoms with E-state index in [0.717, 1.165) is 22.3 Å². The number of hydrogen-bond donors (Lipinski definition) is 0. The van der Waals surface area contributed by atoms with Crippen molar-refractivity contribution >= 4 is 40.6 Å². The molecule has 0 fully saturated rings. The Kier molecular flexibility index (Phi) is 4.49. The Hall–Kier alpha value is -3.14. The lowest BCUT2D eigenvalue weighted by molar-refractivity contribution is 0.577. The van der Waals surface area contributed by atoms with Gasteiger partial charge in [0.2, 0.25) is 0 Å². The zero-order valence-corrected chi connectivity index (χ0v) is 21.6. The molecule has 2 heterocycles. The van der Waals surface area contributed by atoms with Crippen molar-refractivity contribution in [3.05, 3.63) is 102 Å². The lowest BCUT2D eigenvalue weighted by Crippen LogP contribution is -2.15. The van der Waals surface area contributed by atoms with Crippen LogP contribution in [0.2, 0.25) is 0 Å². The molecule has 35 heavy (non-hydrogen) atoms. The Morgan fingerprint density at radius 2 is 1.40 bits per heavy atom. The van der Waals surface area contributed by atoms with Crippen LogP contribution in [0.25, 0.3) is 39.3 Å². The molecule has 0 saturated heterocycles. The maximum absolute atomic E-state index is 5.93. The second-order valence-electron chi connectivity index (χ2n) is 9.87. The van der Waals surface area contributed by atoms with Crippen LogP contribution >= 0.6 is 23.5 Å². The number of hydrogen-bond acceptors (Lipinski definition) is 3. The lowest BCUT2D eigenvalue weighted by Gasteiger charge is -2.24. The van der Waals surface area contributed by atoms with E-state index in [1.165, 1.54) is 53.0 Å². The zero-order valence-electron chi connectivity index (χ0n) is 19.9. The van der Waals surface area contributed by atoms with Gasteiger partial charge in [-0.2, -0.15) is 0 Å². The molecule has 1 aliphatic heterocycles. The lowest BCUT2D eigenvalue weighted by atomic mass is 9.81. The minimum absolute atomic E-state index is 0.0551. The van der Waals surface area contributed by atoms with Gasteiger partial charge in [-0.05, 0) is 82.8 Å². The smallest absolute Gasteiger partial charge is 0.134 e. The minimum Gasteiger partial charge on any atom is -0.461 e. The predicted octanol–water partition coefficient (Wildman–Crippen LogP) is 9.97. The van der Waals surface area contributed by atoms with Crippen LogP contribution in [0.15, 0.2) is 103 Å². The van der Waals surface area contributed by atoms with Crippen molar-refractivity contribution in [2.75, 3.05) is 0 Å². The molecule has 0 N–H and O–H groups in total. The molecule has 0 atom stereocenters. The monoisotopic (exact) mass is 488 g/mol. The van der Waals surface area contributed by atoms with Gasteiger partial charge in [0.05, 0.1) is 0 Å². The fourth-order valence-corrected chi connectivity index (χ4v) is 7.89. The molecule has 0 unspecified atom stereocenters. The molecular weight excluding hydrogens is 464 g/mol. The summed E-state index contributed by atoms with van der Waals surface area (Å²) in [5, 5.41) is 1.12. The second kappa shape index (κ2) is 7.43. The van der Waals surface area contributed by atoms with E-state index < -0.39 is 0 Å². The van der Waals surface area contributed by atoms with Gasteiger partial charge in [0.15, 0.2) is 0 Å². The normalized spacial score (nSPS) is 14.8. The molecule has 1 aromatic heterocycles. The van der Waals surface area contributed by atoms with Crippen LogP contribution < -0.4 is 0 Å². The average molecular weight is 489 g/mol. The van der Waals surface area contributed by atoms with Crippen LogP contribution in [0.4, 0.5) is 0 Å². The van der Waals surface area contributed by atoms with E-state index in [0.29, 0.717) is 0 Å². The summed E-state index contributed by atoms with van der Waals surface area (Å²) in [5.41, 5.74) is 9.93. The molecule has 5 aromatic rings. The van der Waals surface area contributed by atoms with Gasteiger partial charge in [-0.25, -0.2) is 0 Å². The Morgan fingerprint density at radius 1 is 0.743 bits per heavy atom. The first-order valence-electron chi connectivity index (χ1n) is 11.9. The summed E-state index contributed by atoms with van der Waals surface area (Å²) in [4.78, 5) is 5.43. The molecule has 2 aliphatic rings. The number of aryl methyl sites for hydroxylation is 1. The largest absolute Gasteiger partial charge is 0.461 e. The van der Waals surface area contributed by atoms with Crippen LogP contribution in [-0.2, 0) is 5.41 Å². The summed E-state index contributed by atoms with van der Waals surface area (Å²) in [6, 6.07) is 27.0. The Bertz CT molecular complexity index is 1700. The summed E-state index contributed by atoms with van der Waals surface area (Å²) in [6.45, 7) is 10.7. The Morgan fingerprint density at radius 3 is 2.14 bits per heavy atom. The first-order chi connectivity index (χ1) is 16.9. The van der Waals surface area contributed by atoms with Crippen molar-refractivity contribution in [1.29, 1.82) is 0 Å². The molecule has 0 amide bonds. The van der Waals surface area contributed by atoms with Crippen LogP contribution in [-0.4, -0.2) is 0 Å². The van der Waals surface area contributed by atoms with Gasteiger partial charge in [-0.3, -0.25) is 0 Å². The summed E-state index contributed by atoms with van der Waals surface area (Å²) < 4.78 is 5.93. The van der Waals surface area contributed by atoms with Gasteiger partial charge in [-0.15, -0.1) is 0 Å². The van der Waals surface area contributed by atoms with Crippen molar-refractivity contribution in [2.45, 2.75) is 45.8 Å². The molecule has 0 bridgehead atoms. The van der Waals surface area contributed by atoms with Crippen LogP contribution in [0.3, 0.4) is 0 Å². The number of furan rings is 1. The number of rotatable bonds is 2. The van der Waals surface area contributed by atoms with E-state index in [4.69, 9.17) is 4.42 Å². The highest BCUT2D eigenvalue weighted by Crippen LogP contribution is 2.56. The molecule has 1 aliphatic carbocycles. The summed E-state index contributed by atoms with van der Waals surface area (Å²) >= 11 is 3.79. The number of benzene rings is 4. The first-order valence-corrected chi connectivity index (χ1v) is 13.5. The highest BCUT2D eigenvalue weighted by Gasteiger charge is 2.37. The van der Waals surface area contributed by atoms with Crippen molar-refractivity contribution in [1.82, 2.24) is 0 Å². The van der Waals surface area contributed by atoms with Crippen LogP contribution in [0, 0.1) is 6.92 Å². The first kappa shape index (κ1) is 21.2. The molecule has 1 nitrogen and oxygen atoms in total. The highest BCUT2D eigenvalue weighted by atomic mass is 32.2. The summed E-state index contributed by atoms with van der Waals surface area (Å²) in [6.07, 6.45) is 1.89. The van der Waals surface area contributed by atoms with E-state index in [9.17, 15) is 0 Å². The van der Waals surface area contributed by atoms with Gasteiger partial charge >= 0.3 is 0 Å². The summed E-state index contributed by atoms with van der Waals surface area (Å²) in [5.74, 6) is 0.916. The third-order valence-electron chi connectivity index (χ3n) is 7.48. The molecule has 0 spiro atoms. The standard InChI is InChI=1S/C32H24OS2/c1-5-21-18(2)33-27-13-11-19(14-24(21)27)20-10-12-22-23-16-30-31(17-26(23)32(3,4)25(22)15-20)35-29-9-7-6-8-28(29)34-30/h5-17H,1H2,2-4H3. The van der Waals surface area contributed by atoms with Gasteiger partial charge in [0.25, 0.3) is 0 Å². The molecular formula is C32H24OS2. The third-order valence-corrected chi connectivity index (χ3v) is 10.0. The van der Waals surface area contributed by atoms with E-state index in [2.05, 4.69) is 93.2 Å². The molecule has 4 aromatic carbocycles. The van der Waals surface area contributed by atoms with E-state index in [1.54, 1.807) is 0 Å². The fourth-order valence-electron chi connectivity index (χ4n) is 5.61. The molecule has 3 heteroatoms. The van der Waals surface area contributed by atoms with Crippen molar-refractivity contribution in [3.8, 4) is 22.3 Å². The van der Waals surface area contributed by atoms with Gasteiger partial charge in [0.1, 0.15) is 11.3 Å². The van der Waals surface area contributed by atoms with Gasteiger partial charge in [-0.1, -0.05) is 80.4 Å². The zero-order chi connectivity index (χ0) is 23.9. The molecule has 170 valence electrons. The van der Waals surface area contributed by atoms with Crippen molar-refractivity contribution < 1.29 is 4.42 Å². The van der Waals surface area contributed by atoms with E-state index in [1.807, 2.05) is 36.5 Å². The minimum atomic E-state index is -0.0551. The van der Waals surface area contributed by atoms with Gasteiger partial charge < -0.3 is 4.42 Å². The quantitative estimate of drug-likeness (QED) is 0.241. The van der Waals surface area contributed by atoms with Crippen LogP contribution in [0.5, 0.6) is 0 Å². The van der Waals surface area contributed by atoms with Gasteiger partial charge in [0, 0.05) is 35.9 Å². The summed E-state index contributed by atoms with van der Waals surface area (Å²) in [7, 11) is 0. The molecule has 7 rings (SSSR count). The maximum Gasteiger partial charge on any atom is 0.134 e. The molecule has 0 radical (unpaired) electrons. The number of fused-ring (bicyclic) bond motifs is 6. The van der Waals surface area contributed by atoms with Crippen molar-refractivity contribution in [3.63, 3.8) is 0 Å². The molecule has 0 saturated carbocycles. The van der Waals surface area contributed by atoms with E-state index >= 15 is 0 Å². The second-order valence-corrected chi connectivity index (χ2v) is 12.0. The Labute approximate surface area is 214 Å². The maximum atomic E-state index is 5.93. The van der Waals surface area contributed by atoms with Crippen molar-refractivity contribution in [2.24, 2.45) is 0 Å². The van der Waals surface area contributed by atoms with E-state index in [-0.39, 0.29) is 5.41 Å². The Balaban J connectivity index is 1.35. The SMILES string of the molecule is C=Cc1c(C)oc2ccc(-c3ccc4c(c3)C(C)(C)c3cc5c(cc3-4)Sc3ccccc3S5)cc12. The third kappa shape index (κ3) is 3.05.